The number of amides is 1. The normalized spacial score (nSPS) is 22.7. The van der Waals surface area contributed by atoms with Gasteiger partial charge < -0.3 is 10.2 Å². The van der Waals surface area contributed by atoms with Crippen molar-refractivity contribution in [3.8, 4) is 0 Å². The molecule has 1 N–H and O–H groups in total. The lowest BCUT2D eigenvalue weighted by molar-refractivity contribution is -0.120. The van der Waals surface area contributed by atoms with Gasteiger partial charge in [0.1, 0.15) is 0 Å². The summed E-state index contributed by atoms with van der Waals surface area (Å²) in [6.45, 7) is 6.45. The van der Waals surface area contributed by atoms with Gasteiger partial charge in [-0.2, -0.15) is 0 Å². The molecule has 88 valence electrons. The van der Waals surface area contributed by atoms with Crippen LogP contribution in [-0.2, 0) is 4.79 Å². The van der Waals surface area contributed by atoms with E-state index in [1.807, 2.05) is 0 Å². The molecule has 1 heterocycles. The van der Waals surface area contributed by atoms with E-state index in [-0.39, 0.29) is 5.91 Å². The molecule has 3 nitrogen and oxygen atoms in total. The second-order valence-corrected chi connectivity index (χ2v) is 4.52. The quantitative estimate of drug-likeness (QED) is 0.728. The third-order valence-corrected chi connectivity index (χ3v) is 3.15. The minimum Gasteiger partial charge on any atom is -0.356 e. The Balaban J connectivity index is 2.17. The van der Waals surface area contributed by atoms with Gasteiger partial charge in [-0.25, -0.2) is 0 Å². The van der Waals surface area contributed by atoms with Gasteiger partial charge in [-0.1, -0.05) is 6.92 Å². The molecule has 15 heavy (non-hydrogen) atoms. The van der Waals surface area contributed by atoms with Gasteiger partial charge in [-0.05, 0) is 31.8 Å². The Hall–Kier alpha value is -0.280. The molecule has 0 saturated carbocycles. The molecule has 0 bridgehead atoms. The summed E-state index contributed by atoms with van der Waals surface area (Å²) in [7, 11) is 0. The topological polar surface area (TPSA) is 32.3 Å². The Morgan fingerprint density at radius 2 is 2.40 bits per heavy atom. The second-order valence-electron chi connectivity index (χ2n) is 4.14. The van der Waals surface area contributed by atoms with Gasteiger partial charge >= 0.3 is 0 Å². The molecule has 1 atom stereocenters. The predicted molar refractivity (Wildman–Crippen MR) is 63.2 cm³/mol. The molecule has 1 saturated heterocycles. The number of nitrogens with zero attached hydrogens (tertiary/aromatic N) is 1. The molecule has 0 radical (unpaired) electrons. The monoisotopic (exact) mass is 232 g/mol. The molecule has 0 aliphatic carbocycles. The molecule has 1 rings (SSSR count). The number of halogens is 1. The molecule has 0 aromatic heterocycles. The van der Waals surface area contributed by atoms with Crippen molar-refractivity contribution in [2.45, 2.75) is 26.2 Å². The van der Waals surface area contributed by atoms with Gasteiger partial charge in [0.05, 0.1) is 0 Å². The number of carbonyl (C=O) groups is 1. The summed E-state index contributed by atoms with van der Waals surface area (Å²) in [5, 5.41) is 2.95. The van der Waals surface area contributed by atoms with Crippen molar-refractivity contribution in [3.63, 3.8) is 0 Å². The van der Waals surface area contributed by atoms with Gasteiger partial charge in [-0.3, -0.25) is 4.79 Å². The Labute approximate surface area is 97.2 Å². The number of nitrogens with one attached hydrogen (secondary N) is 1. The number of carbonyl (C=O) groups excluding carboxylic acids is 1. The van der Waals surface area contributed by atoms with Crippen LogP contribution in [-0.4, -0.2) is 42.9 Å². The van der Waals surface area contributed by atoms with Crippen LogP contribution in [0.2, 0.25) is 0 Å². The van der Waals surface area contributed by atoms with Crippen LogP contribution in [0.3, 0.4) is 0 Å². The largest absolute Gasteiger partial charge is 0.356 e. The maximum absolute atomic E-state index is 11.2. The zero-order valence-corrected chi connectivity index (χ0v) is 10.2. The molecule has 4 heteroatoms. The van der Waals surface area contributed by atoms with Gasteiger partial charge in [0.15, 0.2) is 0 Å². The van der Waals surface area contributed by atoms with Crippen LogP contribution in [0, 0.1) is 5.92 Å². The average Bonchev–Trinajstić information content (AvgIpc) is 2.27. The number of likely N-dealkylation sites (tertiary alicyclic amines) is 1. The number of rotatable bonds is 5. The van der Waals surface area contributed by atoms with Crippen LogP contribution in [0.5, 0.6) is 0 Å². The average molecular weight is 233 g/mol. The Morgan fingerprint density at radius 3 is 3.07 bits per heavy atom. The number of hydrogen-bond donors (Lipinski definition) is 1. The van der Waals surface area contributed by atoms with Crippen molar-refractivity contribution in [1.29, 1.82) is 0 Å². The SMILES string of the molecule is CCN1CCCC(CNC(=O)CCCl)C1. The first-order valence-corrected chi connectivity index (χ1v) is 6.34. The number of hydrogen-bond acceptors (Lipinski definition) is 2. The van der Waals surface area contributed by atoms with Crippen LogP contribution in [0.1, 0.15) is 26.2 Å². The fraction of sp³-hybridized carbons (Fsp3) is 0.909. The lowest BCUT2D eigenvalue weighted by Crippen LogP contribution is -2.40. The van der Waals surface area contributed by atoms with Gasteiger partial charge in [0.25, 0.3) is 0 Å². The Morgan fingerprint density at radius 1 is 1.60 bits per heavy atom. The predicted octanol–water partition coefficient (Wildman–Crippen LogP) is 1.46. The number of alkyl halides is 1. The molecule has 1 fully saturated rings. The van der Waals surface area contributed by atoms with Crippen LogP contribution < -0.4 is 5.32 Å². The Bertz CT molecular complexity index is 199. The van der Waals surface area contributed by atoms with Crippen LogP contribution in [0.25, 0.3) is 0 Å². The highest BCUT2D eigenvalue weighted by molar-refractivity contribution is 6.18. The van der Waals surface area contributed by atoms with Gasteiger partial charge in [0, 0.05) is 25.4 Å². The molecule has 1 aliphatic heterocycles. The van der Waals surface area contributed by atoms with Crippen LogP contribution >= 0.6 is 11.6 Å². The molecule has 1 amide bonds. The van der Waals surface area contributed by atoms with E-state index in [1.165, 1.54) is 19.4 Å². The van der Waals surface area contributed by atoms with Gasteiger partial charge in [-0.15, -0.1) is 11.6 Å². The smallest absolute Gasteiger partial charge is 0.221 e. The van der Waals surface area contributed by atoms with Crippen molar-refractivity contribution in [1.82, 2.24) is 10.2 Å². The highest BCUT2D eigenvalue weighted by Gasteiger charge is 2.18. The van der Waals surface area contributed by atoms with Crippen LogP contribution in [0.15, 0.2) is 0 Å². The summed E-state index contributed by atoms with van der Waals surface area (Å²) < 4.78 is 0. The maximum Gasteiger partial charge on any atom is 0.221 e. The Kier molecular flexibility index (Phi) is 6.03. The second kappa shape index (κ2) is 7.07. The van der Waals surface area contributed by atoms with Crippen molar-refractivity contribution >= 4 is 17.5 Å². The summed E-state index contributed by atoms with van der Waals surface area (Å²) in [6.07, 6.45) is 2.92. The molecule has 0 spiro atoms. The minimum absolute atomic E-state index is 0.0821. The van der Waals surface area contributed by atoms with Crippen molar-refractivity contribution < 1.29 is 4.79 Å². The zero-order valence-electron chi connectivity index (χ0n) is 9.47. The maximum atomic E-state index is 11.2. The molecular weight excluding hydrogens is 212 g/mol. The van der Waals surface area contributed by atoms with E-state index < -0.39 is 0 Å². The van der Waals surface area contributed by atoms with Crippen LogP contribution in [0.4, 0.5) is 0 Å². The first-order valence-electron chi connectivity index (χ1n) is 5.81. The van der Waals surface area contributed by atoms with E-state index in [0.717, 1.165) is 19.6 Å². The van der Waals surface area contributed by atoms with Crippen molar-refractivity contribution in [3.05, 3.63) is 0 Å². The standard InChI is InChI=1S/C11H21ClN2O/c1-2-14-7-3-4-10(9-14)8-13-11(15)5-6-12/h10H,2-9H2,1H3,(H,13,15). The minimum atomic E-state index is 0.0821. The van der Waals surface area contributed by atoms with E-state index >= 15 is 0 Å². The van der Waals surface area contributed by atoms with E-state index in [9.17, 15) is 4.79 Å². The highest BCUT2D eigenvalue weighted by Crippen LogP contribution is 2.15. The molecule has 0 aromatic rings. The first kappa shape index (κ1) is 12.8. The first-order chi connectivity index (χ1) is 7.26. The lowest BCUT2D eigenvalue weighted by Gasteiger charge is -2.31. The fourth-order valence-electron chi connectivity index (χ4n) is 2.04. The summed E-state index contributed by atoms with van der Waals surface area (Å²) in [5.41, 5.74) is 0. The summed E-state index contributed by atoms with van der Waals surface area (Å²) >= 11 is 5.49. The summed E-state index contributed by atoms with van der Waals surface area (Å²) in [4.78, 5) is 13.7. The third-order valence-electron chi connectivity index (χ3n) is 2.96. The lowest BCUT2D eigenvalue weighted by atomic mass is 9.98. The van der Waals surface area contributed by atoms with Crippen molar-refractivity contribution in [2.75, 3.05) is 32.1 Å². The molecule has 1 unspecified atom stereocenters. The summed E-state index contributed by atoms with van der Waals surface area (Å²) in [5.74, 6) is 1.12. The molecular formula is C11H21ClN2O. The molecule has 1 aliphatic rings. The van der Waals surface area contributed by atoms with Crippen molar-refractivity contribution in [2.24, 2.45) is 5.92 Å². The van der Waals surface area contributed by atoms with E-state index in [1.54, 1.807) is 0 Å². The number of piperidine rings is 1. The zero-order chi connectivity index (χ0) is 11.1. The fourth-order valence-corrected chi connectivity index (χ4v) is 2.21. The van der Waals surface area contributed by atoms with Gasteiger partial charge in [0.2, 0.25) is 5.91 Å². The summed E-state index contributed by atoms with van der Waals surface area (Å²) in [6, 6.07) is 0. The van der Waals surface area contributed by atoms with E-state index in [4.69, 9.17) is 11.6 Å². The third kappa shape index (κ3) is 4.85. The van der Waals surface area contributed by atoms with E-state index in [0.29, 0.717) is 18.2 Å². The highest BCUT2D eigenvalue weighted by atomic mass is 35.5. The van der Waals surface area contributed by atoms with E-state index in [2.05, 4.69) is 17.1 Å². The molecule has 0 aromatic carbocycles.